The smallest absolute Gasteiger partial charge is 0.242 e. The molecule has 0 bridgehead atoms. The Morgan fingerprint density at radius 2 is 1.92 bits per heavy atom. The molecule has 2 N–H and O–H groups in total. The summed E-state index contributed by atoms with van der Waals surface area (Å²) in [4.78, 5) is 14.8. The van der Waals surface area contributed by atoms with Gasteiger partial charge in [-0.25, -0.2) is 4.39 Å². The van der Waals surface area contributed by atoms with Crippen LogP contribution in [0, 0.1) is 11.7 Å². The lowest BCUT2D eigenvalue weighted by atomic mass is 9.85. The van der Waals surface area contributed by atoms with E-state index in [1.54, 1.807) is 12.1 Å². The van der Waals surface area contributed by atoms with Crippen molar-refractivity contribution in [2.24, 2.45) is 5.92 Å². The fourth-order valence-corrected chi connectivity index (χ4v) is 3.94. The molecular formula is C19H28ClFN2O2. The first-order chi connectivity index (χ1) is 11.5. The summed E-state index contributed by atoms with van der Waals surface area (Å²) in [5, 5.41) is 13.9. The van der Waals surface area contributed by atoms with Crippen LogP contribution in [-0.2, 0) is 4.79 Å². The van der Waals surface area contributed by atoms with Gasteiger partial charge in [-0.3, -0.25) is 4.79 Å². The van der Waals surface area contributed by atoms with E-state index in [4.69, 9.17) is 0 Å². The Bertz CT molecular complexity index is 567. The number of nitrogens with zero attached hydrogens (tertiary/aromatic N) is 1. The number of carbonyl (C=O) groups is 1. The van der Waals surface area contributed by atoms with Gasteiger partial charge in [0.1, 0.15) is 5.82 Å². The lowest BCUT2D eigenvalue weighted by Gasteiger charge is -2.41. The third-order valence-electron chi connectivity index (χ3n) is 5.58. The number of carbonyl (C=O) groups excluding carboxylic acids is 1. The van der Waals surface area contributed by atoms with E-state index in [0.29, 0.717) is 13.1 Å². The number of likely N-dealkylation sites (tertiary alicyclic amines) is 1. The van der Waals surface area contributed by atoms with Gasteiger partial charge < -0.3 is 15.3 Å². The molecule has 140 valence electrons. The number of benzene rings is 1. The van der Waals surface area contributed by atoms with Crippen LogP contribution in [0.5, 0.6) is 0 Å². The SMILES string of the molecule is CC1(C(=O)N2CCC(C(O)c3ccc(F)cc3)CC2)CCCCN1.Cl. The lowest BCUT2D eigenvalue weighted by Crippen LogP contribution is -2.59. The van der Waals surface area contributed by atoms with Crippen molar-refractivity contribution in [1.82, 2.24) is 10.2 Å². The normalized spacial score (nSPS) is 26.0. The number of amides is 1. The number of aliphatic hydroxyl groups excluding tert-OH is 1. The molecule has 0 aliphatic carbocycles. The second-order valence-electron chi connectivity index (χ2n) is 7.34. The van der Waals surface area contributed by atoms with E-state index in [2.05, 4.69) is 5.32 Å². The van der Waals surface area contributed by atoms with Crippen molar-refractivity contribution in [3.8, 4) is 0 Å². The minimum Gasteiger partial charge on any atom is -0.388 e. The van der Waals surface area contributed by atoms with Crippen molar-refractivity contribution >= 4 is 18.3 Å². The van der Waals surface area contributed by atoms with Gasteiger partial charge in [0.25, 0.3) is 0 Å². The molecule has 2 aliphatic rings. The molecule has 2 atom stereocenters. The van der Waals surface area contributed by atoms with Crippen LogP contribution in [0.3, 0.4) is 0 Å². The molecule has 0 radical (unpaired) electrons. The van der Waals surface area contributed by atoms with Crippen molar-refractivity contribution in [2.45, 2.75) is 50.7 Å². The number of hydrogen-bond donors (Lipinski definition) is 2. The van der Waals surface area contributed by atoms with Gasteiger partial charge in [0, 0.05) is 13.1 Å². The average Bonchev–Trinajstić information content (AvgIpc) is 2.62. The molecule has 1 amide bonds. The number of aliphatic hydroxyl groups is 1. The predicted octanol–water partition coefficient (Wildman–Crippen LogP) is 3.05. The highest BCUT2D eigenvalue weighted by molar-refractivity contribution is 5.86. The summed E-state index contributed by atoms with van der Waals surface area (Å²) in [6, 6.07) is 6.05. The molecule has 2 unspecified atom stereocenters. The Labute approximate surface area is 155 Å². The Hall–Kier alpha value is -1.17. The van der Waals surface area contributed by atoms with E-state index in [1.165, 1.54) is 12.1 Å². The zero-order valence-corrected chi connectivity index (χ0v) is 15.5. The van der Waals surface area contributed by atoms with E-state index in [-0.39, 0.29) is 30.0 Å². The fraction of sp³-hybridized carbons (Fsp3) is 0.632. The third-order valence-corrected chi connectivity index (χ3v) is 5.58. The van der Waals surface area contributed by atoms with Crippen LogP contribution in [0.25, 0.3) is 0 Å². The van der Waals surface area contributed by atoms with Crippen LogP contribution in [0.15, 0.2) is 24.3 Å². The van der Waals surface area contributed by atoms with Gasteiger partial charge >= 0.3 is 0 Å². The number of rotatable bonds is 3. The Balaban J connectivity index is 0.00000225. The first-order valence-electron chi connectivity index (χ1n) is 8.97. The highest BCUT2D eigenvalue weighted by atomic mass is 35.5. The number of halogens is 2. The molecule has 0 spiro atoms. The minimum atomic E-state index is -0.591. The molecule has 0 aromatic heterocycles. The zero-order valence-electron chi connectivity index (χ0n) is 14.7. The molecule has 1 aromatic rings. The average molecular weight is 371 g/mol. The van der Waals surface area contributed by atoms with E-state index in [0.717, 1.165) is 44.2 Å². The predicted molar refractivity (Wildman–Crippen MR) is 98.2 cm³/mol. The zero-order chi connectivity index (χ0) is 17.2. The maximum Gasteiger partial charge on any atom is 0.242 e. The molecule has 6 heteroatoms. The Morgan fingerprint density at radius 1 is 1.28 bits per heavy atom. The first kappa shape index (κ1) is 20.1. The molecule has 2 saturated heterocycles. The summed E-state index contributed by atoms with van der Waals surface area (Å²) >= 11 is 0. The topological polar surface area (TPSA) is 52.6 Å². The lowest BCUT2D eigenvalue weighted by molar-refractivity contribution is -0.140. The maximum atomic E-state index is 13.0. The standard InChI is InChI=1S/C19H27FN2O2.ClH/c1-19(10-2-3-11-21-19)18(24)22-12-8-15(9-13-22)17(23)14-4-6-16(20)7-5-14;/h4-7,15,17,21,23H,2-3,8-13H2,1H3;1H. The highest BCUT2D eigenvalue weighted by Crippen LogP contribution is 2.32. The molecule has 3 rings (SSSR count). The van der Waals surface area contributed by atoms with Gasteiger partial charge in [0.15, 0.2) is 0 Å². The van der Waals surface area contributed by atoms with Gasteiger partial charge in [0.05, 0.1) is 11.6 Å². The molecule has 4 nitrogen and oxygen atoms in total. The second kappa shape index (κ2) is 8.47. The molecular weight excluding hydrogens is 343 g/mol. The van der Waals surface area contributed by atoms with Crippen molar-refractivity contribution in [3.63, 3.8) is 0 Å². The number of nitrogens with one attached hydrogen (secondary N) is 1. The van der Waals surface area contributed by atoms with Gasteiger partial charge in [-0.1, -0.05) is 12.1 Å². The molecule has 2 heterocycles. The monoisotopic (exact) mass is 370 g/mol. The van der Waals surface area contributed by atoms with Crippen LogP contribution in [0.2, 0.25) is 0 Å². The van der Waals surface area contributed by atoms with Gasteiger partial charge in [-0.05, 0) is 69.2 Å². The molecule has 1 aromatic carbocycles. The third kappa shape index (κ3) is 4.52. The molecule has 2 fully saturated rings. The van der Waals surface area contributed by atoms with Crippen LogP contribution in [0.1, 0.15) is 50.7 Å². The second-order valence-corrected chi connectivity index (χ2v) is 7.34. The Morgan fingerprint density at radius 3 is 2.48 bits per heavy atom. The number of hydrogen-bond acceptors (Lipinski definition) is 3. The summed E-state index contributed by atoms with van der Waals surface area (Å²) in [5.41, 5.74) is 0.322. The largest absolute Gasteiger partial charge is 0.388 e. The minimum absolute atomic E-state index is 0. The van der Waals surface area contributed by atoms with Crippen LogP contribution in [-0.4, -0.2) is 41.1 Å². The van der Waals surface area contributed by atoms with E-state index in [9.17, 15) is 14.3 Å². The quantitative estimate of drug-likeness (QED) is 0.859. The van der Waals surface area contributed by atoms with Crippen LogP contribution < -0.4 is 5.32 Å². The van der Waals surface area contributed by atoms with Crippen molar-refractivity contribution < 1.29 is 14.3 Å². The van der Waals surface area contributed by atoms with Gasteiger partial charge in [0.2, 0.25) is 5.91 Å². The summed E-state index contributed by atoms with van der Waals surface area (Å²) < 4.78 is 13.0. The van der Waals surface area contributed by atoms with Crippen molar-refractivity contribution in [1.29, 1.82) is 0 Å². The number of piperidine rings is 2. The summed E-state index contributed by atoms with van der Waals surface area (Å²) in [7, 11) is 0. The molecule has 2 aliphatic heterocycles. The van der Waals surface area contributed by atoms with E-state index in [1.807, 2.05) is 11.8 Å². The van der Waals surface area contributed by atoms with Gasteiger partial charge in [-0.2, -0.15) is 0 Å². The Kier molecular flexibility index (Phi) is 6.83. The summed E-state index contributed by atoms with van der Waals surface area (Å²) in [5.74, 6) is 0.0168. The fourth-order valence-electron chi connectivity index (χ4n) is 3.94. The van der Waals surface area contributed by atoms with Crippen molar-refractivity contribution in [3.05, 3.63) is 35.6 Å². The molecule has 25 heavy (non-hydrogen) atoms. The van der Waals surface area contributed by atoms with Crippen LogP contribution >= 0.6 is 12.4 Å². The summed E-state index contributed by atoms with van der Waals surface area (Å²) in [6.07, 6.45) is 4.08. The molecule has 0 saturated carbocycles. The van der Waals surface area contributed by atoms with Crippen LogP contribution in [0.4, 0.5) is 4.39 Å². The highest BCUT2D eigenvalue weighted by Gasteiger charge is 2.39. The van der Waals surface area contributed by atoms with Gasteiger partial charge in [-0.15, -0.1) is 12.4 Å². The van der Waals surface area contributed by atoms with E-state index < -0.39 is 11.6 Å². The summed E-state index contributed by atoms with van der Waals surface area (Å²) in [6.45, 7) is 4.27. The first-order valence-corrected chi connectivity index (χ1v) is 8.97. The maximum absolute atomic E-state index is 13.0. The van der Waals surface area contributed by atoms with Crippen molar-refractivity contribution in [2.75, 3.05) is 19.6 Å². The van der Waals surface area contributed by atoms with E-state index >= 15 is 0 Å².